The van der Waals surface area contributed by atoms with Gasteiger partial charge in [-0.1, -0.05) is 0 Å². The molecular formula is C29H47N9O3. The van der Waals surface area contributed by atoms with Crippen LogP contribution in [-0.4, -0.2) is 153 Å². The van der Waals surface area contributed by atoms with Crippen molar-refractivity contribution in [3.8, 4) is 0 Å². The molecular weight excluding hydrogens is 522 g/mol. The Hall–Kier alpha value is -2.86. The van der Waals surface area contributed by atoms with Crippen molar-refractivity contribution in [1.29, 1.82) is 0 Å². The third-order valence-corrected chi connectivity index (χ3v) is 9.42. The number of likely N-dealkylation sites (N-methyl/N-ethyl adjacent to an activating group) is 1. The molecule has 41 heavy (non-hydrogen) atoms. The van der Waals surface area contributed by atoms with Crippen molar-refractivity contribution in [2.45, 2.75) is 44.6 Å². The highest BCUT2D eigenvalue weighted by Crippen LogP contribution is 2.28. The molecule has 226 valence electrons. The number of ether oxygens (including phenoxy) is 1. The summed E-state index contributed by atoms with van der Waals surface area (Å²) >= 11 is 0. The largest absolute Gasteiger partial charge is 0.447 e. The molecule has 5 fully saturated rings. The van der Waals surface area contributed by atoms with Crippen molar-refractivity contribution in [2.75, 3.05) is 120 Å². The summed E-state index contributed by atoms with van der Waals surface area (Å²) in [7, 11) is 2.12. The Kier molecular flexibility index (Phi) is 8.95. The molecule has 1 unspecified atom stereocenters. The van der Waals surface area contributed by atoms with E-state index in [9.17, 15) is 9.59 Å². The van der Waals surface area contributed by atoms with Gasteiger partial charge in [0.2, 0.25) is 11.9 Å². The Morgan fingerprint density at radius 2 is 1.37 bits per heavy atom. The Bertz CT molecular complexity index is 1010. The zero-order valence-electron chi connectivity index (χ0n) is 24.8. The average molecular weight is 570 g/mol. The summed E-state index contributed by atoms with van der Waals surface area (Å²) in [6.07, 6.45) is 6.38. The average Bonchev–Trinajstić information content (AvgIpc) is 3.80. The molecule has 0 aliphatic carbocycles. The lowest BCUT2D eigenvalue weighted by molar-refractivity contribution is -0.134. The predicted octanol–water partition coefficient (Wildman–Crippen LogP) is 1.17. The number of hydrogen-bond acceptors (Lipinski definition) is 10. The number of aromatic nitrogens is 2. The number of anilines is 3. The van der Waals surface area contributed by atoms with Gasteiger partial charge in [0.15, 0.2) is 0 Å². The van der Waals surface area contributed by atoms with E-state index in [4.69, 9.17) is 14.7 Å². The van der Waals surface area contributed by atoms with Gasteiger partial charge >= 0.3 is 6.09 Å². The van der Waals surface area contributed by atoms with Crippen LogP contribution in [0.1, 0.15) is 38.5 Å². The van der Waals surface area contributed by atoms with Gasteiger partial charge in [-0.2, -0.15) is 9.97 Å². The molecule has 5 aliphatic rings. The van der Waals surface area contributed by atoms with E-state index < -0.39 is 0 Å². The first-order chi connectivity index (χ1) is 20.0. The fraction of sp³-hybridized carbons (Fsp3) is 0.793. The van der Waals surface area contributed by atoms with E-state index in [0.29, 0.717) is 32.7 Å². The lowest BCUT2D eigenvalue weighted by Crippen LogP contribution is -2.51. The topological polar surface area (TPSA) is 91.8 Å². The van der Waals surface area contributed by atoms with Crippen LogP contribution >= 0.6 is 0 Å². The number of carbonyl (C=O) groups is 2. The summed E-state index contributed by atoms with van der Waals surface area (Å²) in [5.74, 6) is 2.98. The van der Waals surface area contributed by atoms with E-state index >= 15 is 0 Å². The molecule has 2 amide bonds. The minimum Gasteiger partial charge on any atom is -0.447 e. The lowest BCUT2D eigenvalue weighted by Gasteiger charge is -2.36. The molecule has 6 rings (SSSR count). The third-order valence-electron chi connectivity index (χ3n) is 9.42. The monoisotopic (exact) mass is 569 g/mol. The highest BCUT2D eigenvalue weighted by molar-refractivity contribution is 5.79. The molecule has 0 spiro atoms. The van der Waals surface area contributed by atoms with Gasteiger partial charge in [0.1, 0.15) is 18.2 Å². The highest BCUT2D eigenvalue weighted by Gasteiger charge is 2.32. The van der Waals surface area contributed by atoms with Gasteiger partial charge < -0.3 is 34.1 Å². The van der Waals surface area contributed by atoms with Crippen LogP contribution in [0.5, 0.6) is 0 Å². The third kappa shape index (κ3) is 6.80. The number of hydrogen-bond donors (Lipinski definition) is 0. The molecule has 12 nitrogen and oxygen atoms in total. The SMILES string of the molecule is CN1CCN(CC(=O)N2CCCC2COC(=O)N2CCN(c3cc(N4CCCC4)nc(N4CCCC4)n3)CC2)CC1. The van der Waals surface area contributed by atoms with Crippen molar-refractivity contribution < 1.29 is 14.3 Å². The summed E-state index contributed by atoms with van der Waals surface area (Å²) in [5.41, 5.74) is 0. The summed E-state index contributed by atoms with van der Waals surface area (Å²) in [4.78, 5) is 51.2. The van der Waals surface area contributed by atoms with Crippen LogP contribution in [0.25, 0.3) is 0 Å². The van der Waals surface area contributed by atoms with Crippen molar-refractivity contribution in [1.82, 2.24) is 29.6 Å². The van der Waals surface area contributed by atoms with Gasteiger partial charge in [-0.3, -0.25) is 9.69 Å². The molecule has 6 heterocycles. The van der Waals surface area contributed by atoms with Crippen LogP contribution in [0.4, 0.5) is 22.4 Å². The van der Waals surface area contributed by atoms with Gasteiger partial charge in [-0.05, 0) is 45.6 Å². The van der Waals surface area contributed by atoms with Crippen molar-refractivity contribution in [2.24, 2.45) is 0 Å². The summed E-state index contributed by atoms with van der Waals surface area (Å²) < 4.78 is 5.78. The van der Waals surface area contributed by atoms with Crippen molar-refractivity contribution in [3.05, 3.63) is 6.07 Å². The minimum atomic E-state index is -0.277. The van der Waals surface area contributed by atoms with Gasteiger partial charge in [-0.25, -0.2) is 4.79 Å². The Balaban J connectivity index is 1.00. The Labute approximate surface area is 244 Å². The van der Waals surface area contributed by atoms with E-state index in [1.807, 2.05) is 4.90 Å². The Morgan fingerprint density at radius 1 is 0.756 bits per heavy atom. The van der Waals surface area contributed by atoms with E-state index in [1.54, 1.807) is 4.90 Å². The molecule has 0 aromatic carbocycles. The second kappa shape index (κ2) is 13.0. The van der Waals surface area contributed by atoms with E-state index in [-0.39, 0.29) is 24.6 Å². The first kappa shape index (κ1) is 28.3. The second-order valence-corrected chi connectivity index (χ2v) is 12.3. The maximum atomic E-state index is 13.0. The van der Waals surface area contributed by atoms with Gasteiger partial charge in [-0.15, -0.1) is 0 Å². The first-order valence-corrected chi connectivity index (χ1v) is 15.8. The van der Waals surface area contributed by atoms with Crippen LogP contribution in [0.2, 0.25) is 0 Å². The van der Waals surface area contributed by atoms with E-state index in [0.717, 1.165) is 89.3 Å². The molecule has 1 aromatic rings. The summed E-state index contributed by atoms with van der Waals surface area (Å²) in [6.45, 7) is 12.1. The first-order valence-electron chi connectivity index (χ1n) is 15.8. The van der Waals surface area contributed by atoms with Gasteiger partial charge in [0.25, 0.3) is 0 Å². The molecule has 0 bridgehead atoms. The van der Waals surface area contributed by atoms with Crippen molar-refractivity contribution >= 4 is 29.6 Å². The molecule has 0 radical (unpaired) electrons. The maximum Gasteiger partial charge on any atom is 0.409 e. The molecule has 1 aromatic heterocycles. The van der Waals surface area contributed by atoms with E-state index in [1.165, 1.54) is 25.7 Å². The number of carbonyl (C=O) groups excluding carboxylic acids is 2. The van der Waals surface area contributed by atoms with Gasteiger partial charge in [0, 0.05) is 91.1 Å². The number of amides is 2. The molecule has 5 aliphatic heterocycles. The van der Waals surface area contributed by atoms with Crippen LogP contribution in [0.15, 0.2) is 6.07 Å². The molecule has 1 atom stereocenters. The quantitative estimate of drug-likeness (QED) is 0.477. The molecule has 12 heteroatoms. The fourth-order valence-corrected chi connectivity index (χ4v) is 6.74. The standard InChI is InChI=1S/C29H47N9O3/c1-32-13-15-33(16-14-32)22-27(39)38-12-6-7-24(38)23-41-29(40)37-19-17-35(18-20-37)26-21-25(34-8-2-3-9-34)30-28(31-26)36-10-4-5-11-36/h21,24H,2-20,22-23H2,1H3. The molecule has 0 N–H and O–H groups in total. The second-order valence-electron chi connectivity index (χ2n) is 12.3. The zero-order valence-corrected chi connectivity index (χ0v) is 24.8. The summed E-state index contributed by atoms with van der Waals surface area (Å²) in [5, 5.41) is 0. The molecule has 5 saturated heterocycles. The number of likely N-dealkylation sites (tertiary alicyclic amines) is 1. The highest BCUT2D eigenvalue weighted by atomic mass is 16.6. The Morgan fingerprint density at radius 3 is 2.02 bits per heavy atom. The lowest BCUT2D eigenvalue weighted by atomic mass is 10.2. The molecule has 0 saturated carbocycles. The zero-order chi connectivity index (χ0) is 28.2. The van der Waals surface area contributed by atoms with Crippen LogP contribution in [-0.2, 0) is 9.53 Å². The van der Waals surface area contributed by atoms with Crippen LogP contribution in [0, 0.1) is 0 Å². The van der Waals surface area contributed by atoms with Crippen LogP contribution < -0.4 is 14.7 Å². The van der Waals surface area contributed by atoms with E-state index in [2.05, 4.69) is 37.6 Å². The minimum absolute atomic E-state index is 0.0192. The fourth-order valence-electron chi connectivity index (χ4n) is 6.74. The van der Waals surface area contributed by atoms with Gasteiger partial charge in [0.05, 0.1) is 12.6 Å². The number of rotatable bonds is 7. The number of nitrogens with zero attached hydrogens (tertiary/aromatic N) is 9. The number of piperazine rings is 2. The predicted molar refractivity (Wildman–Crippen MR) is 159 cm³/mol. The van der Waals surface area contributed by atoms with Crippen molar-refractivity contribution in [3.63, 3.8) is 0 Å². The maximum absolute atomic E-state index is 13.0. The smallest absolute Gasteiger partial charge is 0.409 e. The normalized spacial score (nSPS) is 24.5. The van der Waals surface area contributed by atoms with Crippen LogP contribution in [0.3, 0.4) is 0 Å². The summed E-state index contributed by atoms with van der Waals surface area (Å²) in [6, 6.07) is 2.11.